The Balaban J connectivity index is 3.00. The van der Waals surface area contributed by atoms with Crippen LogP contribution in [-0.2, 0) is 0 Å². The zero-order valence-electron chi connectivity index (χ0n) is 5.31. The van der Waals surface area contributed by atoms with Crippen LogP contribution in [-0.4, -0.2) is 21.0 Å². The Labute approximate surface area is 58.1 Å². The van der Waals surface area contributed by atoms with Crippen LogP contribution in [0.5, 0.6) is 0 Å². The Bertz CT molecular complexity index is 251. The lowest BCUT2D eigenvalue weighted by atomic mass is 10.6. The lowest BCUT2D eigenvalue weighted by Crippen LogP contribution is -1.92. The van der Waals surface area contributed by atoms with Crippen molar-refractivity contribution in [2.75, 3.05) is 0 Å². The van der Waals surface area contributed by atoms with E-state index in [1.807, 2.05) is 0 Å². The standard InChI is InChI=1S/C6H7N3O/c1-2-9-4-3-7-6(9)5-8-10/h2-5,10H,1H2/b8-5+. The molecule has 4 nitrogen and oxygen atoms in total. The van der Waals surface area contributed by atoms with Crippen molar-refractivity contribution in [3.63, 3.8) is 0 Å². The van der Waals surface area contributed by atoms with Crippen molar-refractivity contribution in [2.24, 2.45) is 5.16 Å². The quantitative estimate of drug-likeness (QED) is 0.372. The van der Waals surface area contributed by atoms with Crippen molar-refractivity contribution < 1.29 is 5.21 Å². The van der Waals surface area contributed by atoms with Gasteiger partial charge in [-0.25, -0.2) is 4.98 Å². The molecule has 0 aliphatic heterocycles. The molecule has 0 bridgehead atoms. The predicted molar refractivity (Wildman–Crippen MR) is 38.0 cm³/mol. The first-order valence-electron chi connectivity index (χ1n) is 2.71. The van der Waals surface area contributed by atoms with E-state index >= 15 is 0 Å². The molecule has 1 heterocycles. The first-order chi connectivity index (χ1) is 4.88. The molecule has 0 aliphatic rings. The number of nitrogens with zero attached hydrogens (tertiary/aromatic N) is 3. The van der Waals surface area contributed by atoms with E-state index in [0.717, 1.165) is 0 Å². The molecule has 0 unspecified atom stereocenters. The Hall–Kier alpha value is -1.58. The van der Waals surface area contributed by atoms with Crippen LogP contribution in [0, 0.1) is 0 Å². The summed E-state index contributed by atoms with van der Waals surface area (Å²) in [6, 6.07) is 0. The normalized spacial score (nSPS) is 10.4. The van der Waals surface area contributed by atoms with Gasteiger partial charge in [-0.3, -0.25) is 0 Å². The van der Waals surface area contributed by atoms with E-state index in [1.54, 1.807) is 23.2 Å². The fraction of sp³-hybridized carbons (Fsp3) is 0. The molecule has 52 valence electrons. The van der Waals surface area contributed by atoms with Gasteiger partial charge in [0.15, 0.2) is 5.82 Å². The molecule has 0 spiro atoms. The van der Waals surface area contributed by atoms with Crippen LogP contribution in [0.1, 0.15) is 5.82 Å². The number of imidazole rings is 1. The van der Waals surface area contributed by atoms with Gasteiger partial charge < -0.3 is 9.77 Å². The lowest BCUT2D eigenvalue weighted by molar-refractivity contribution is 0.321. The van der Waals surface area contributed by atoms with Gasteiger partial charge in [-0.15, -0.1) is 0 Å². The summed E-state index contributed by atoms with van der Waals surface area (Å²) in [6.07, 6.45) is 6.12. The average Bonchev–Trinajstić information content (AvgIpc) is 2.36. The molecule has 1 aromatic rings. The van der Waals surface area contributed by atoms with Gasteiger partial charge in [0.05, 0.1) is 0 Å². The van der Waals surface area contributed by atoms with Crippen LogP contribution in [0.4, 0.5) is 0 Å². The second-order valence-corrected chi connectivity index (χ2v) is 1.62. The third kappa shape index (κ3) is 1.05. The van der Waals surface area contributed by atoms with E-state index in [9.17, 15) is 0 Å². The number of oxime groups is 1. The molecule has 0 aliphatic carbocycles. The SMILES string of the molecule is C=Cn1ccnc1/C=N/O. The molecule has 1 rings (SSSR count). The third-order valence-electron chi connectivity index (χ3n) is 1.07. The van der Waals surface area contributed by atoms with E-state index in [0.29, 0.717) is 5.82 Å². The van der Waals surface area contributed by atoms with Gasteiger partial charge in [-0.05, 0) is 0 Å². The summed E-state index contributed by atoms with van der Waals surface area (Å²) in [5.41, 5.74) is 0. The Morgan fingerprint density at radius 3 is 3.20 bits per heavy atom. The molecule has 10 heavy (non-hydrogen) atoms. The number of rotatable bonds is 2. The van der Waals surface area contributed by atoms with Gasteiger partial charge in [0, 0.05) is 18.6 Å². The van der Waals surface area contributed by atoms with Gasteiger partial charge in [0.1, 0.15) is 6.21 Å². The minimum atomic E-state index is 0.553. The smallest absolute Gasteiger partial charge is 0.158 e. The first kappa shape index (κ1) is 6.54. The molecule has 0 saturated carbocycles. The second-order valence-electron chi connectivity index (χ2n) is 1.62. The number of aromatic nitrogens is 2. The summed E-state index contributed by atoms with van der Waals surface area (Å²) >= 11 is 0. The second kappa shape index (κ2) is 2.82. The molecular weight excluding hydrogens is 130 g/mol. The molecule has 0 aromatic carbocycles. The topological polar surface area (TPSA) is 50.4 Å². The van der Waals surface area contributed by atoms with E-state index in [4.69, 9.17) is 5.21 Å². The zero-order valence-corrected chi connectivity index (χ0v) is 5.31. The van der Waals surface area contributed by atoms with E-state index in [1.165, 1.54) is 6.21 Å². The van der Waals surface area contributed by atoms with Crippen molar-refractivity contribution in [1.82, 2.24) is 9.55 Å². The fourth-order valence-electron chi connectivity index (χ4n) is 0.631. The predicted octanol–water partition coefficient (Wildman–Crippen LogP) is 0.792. The fourth-order valence-corrected chi connectivity index (χ4v) is 0.631. The maximum Gasteiger partial charge on any atom is 0.158 e. The number of hydrogen-bond donors (Lipinski definition) is 1. The summed E-state index contributed by atoms with van der Waals surface area (Å²) < 4.78 is 1.64. The summed E-state index contributed by atoms with van der Waals surface area (Å²) in [4.78, 5) is 3.86. The average molecular weight is 137 g/mol. The molecular formula is C6H7N3O. The van der Waals surface area contributed by atoms with Gasteiger partial charge >= 0.3 is 0 Å². The zero-order chi connectivity index (χ0) is 7.40. The summed E-state index contributed by atoms with van der Waals surface area (Å²) in [5.74, 6) is 0.553. The van der Waals surface area contributed by atoms with Crippen molar-refractivity contribution >= 4 is 12.4 Å². The van der Waals surface area contributed by atoms with Crippen LogP contribution in [0.2, 0.25) is 0 Å². The highest BCUT2D eigenvalue weighted by Crippen LogP contribution is 1.92. The molecule has 1 N–H and O–H groups in total. The highest BCUT2D eigenvalue weighted by molar-refractivity contribution is 5.75. The monoisotopic (exact) mass is 137 g/mol. The molecule has 0 radical (unpaired) electrons. The van der Waals surface area contributed by atoms with Crippen LogP contribution < -0.4 is 0 Å². The van der Waals surface area contributed by atoms with Crippen LogP contribution in [0.15, 0.2) is 24.1 Å². The first-order valence-corrected chi connectivity index (χ1v) is 2.71. The van der Waals surface area contributed by atoms with E-state index in [2.05, 4.69) is 16.7 Å². The molecule has 0 fully saturated rings. The molecule has 0 amide bonds. The molecule has 1 aromatic heterocycles. The van der Waals surface area contributed by atoms with Gasteiger partial charge in [0.2, 0.25) is 0 Å². The van der Waals surface area contributed by atoms with Crippen LogP contribution in [0.25, 0.3) is 6.20 Å². The highest BCUT2D eigenvalue weighted by Gasteiger charge is 1.92. The van der Waals surface area contributed by atoms with Crippen molar-refractivity contribution in [3.05, 3.63) is 24.8 Å². The van der Waals surface area contributed by atoms with Crippen LogP contribution in [0.3, 0.4) is 0 Å². The van der Waals surface area contributed by atoms with Gasteiger partial charge in [0.25, 0.3) is 0 Å². The Morgan fingerprint density at radius 1 is 1.80 bits per heavy atom. The van der Waals surface area contributed by atoms with Crippen molar-refractivity contribution in [2.45, 2.75) is 0 Å². The van der Waals surface area contributed by atoms with Gasteiger partial charge in [-0.2, -0.15) is 0 Å². The van der Waals surface area contributed by atoms with Crippen LogP contribution >= 0.6 is 0 Å². The van der Waals surface area contributed by atoms with Crippen molar-refractivity contribution in [3.8, 4) is 0 Å². The van der Waals surface area contributed by atoms with E-state index in [-0.39, 0.29) is 0 Å². The van der Waals surface area contributed by atoms with Crippen molar-refractivity contribution in [1.29, 1.82) is 0 Å². The molecule has 0 saturated heterocycles. The van der Waals surface area contributed by atoms with Gasteiger partial charge in [-0.1, -0.05) is 11.7 Å². The lowest BCUT2D eigenvalue weighted by Gasteiger charge is -1.91. The maximum atomic E-state index is 8.14. The summed E-state index contributed by atoms with van der Waals surface area (Å²) in [5, 5.41) is 11.0. The maximum absolute atomic E-state index is 8.14. The third-order valence-corrected chi connectivity index (χ3v) is 1.07. The Morgan fingerprint density at radius 2 is 2.60 bits per heavy atom. The molecule has 4 heteroatoms. The largest absolute Gasteiger partial charge is 0.411 e. The number of hydrogen-bond acceptors (Lipinski definition) is 3. The Kier molecular flexibility index (Phi) is 1.84. The summed E-state index contributed by atoms with van der Waals surface area (Å²) in [6.45, 7) is 3.53. The van der Waals surface area contributed by atoms with E-state index < -0.39 is 0 Å². The highest BCUT2D eigenvalue weighted by atomic mass is 16.4. The minimum absolute atomic E-state index is 0.553. The summed E-state index contributed by atoms with van der Waals surface area (Å²) in [7, 11) is 0. The minimum Gasteiger partial charge on any atom is -0.411 e. The molecule has 0 atom stereocenters.